The summed E-state index contributed by atoms with van der Waals surface area (Å²) in [6, 6.07) is 8.81. The van der Waals surface area contributed by atoms with Crippen LogP contribution in [-0.4, -0.2) is 40.8 Å². The smallest absolute Gasteiger partial charge is 0.193 e. The summed E-state index contributed by atoms with van der Waals surface area (Å²) < 4.78 is 27.1. The summed E-state index contributed by atoms with van der Waals surface area (Å²) in [7, 11) is 6.20. The minimum absolute atomic E-state index is 0.193. The van der Waals surface area contributed by atoms with Gasteiger partial charge in [0.1, 0.15) is 29.4 Å². The number of hydrogen-bond acceptors (Lipinski definition) is 6. The van der Waals surface area contributed by atoms with Crippen LogP contribution in [0.4, 0.5) is 0 Å². The van der Waals surface area contributed by atoms with Gasteiger partial charge in [-0.1, -0.05) is 6.07 Å². The molecule has 2 aromatic carbocycles. The van der Waals surface area contributed by atoms with E-state index in [1.54, 1.807) is 45.6 Å². The van der Waals surface area contributed by atoms with E-state index >= 15 is 0 Å². The predicted molar refractivity (Wildman–Crippen MR) is 96.9 cm³/mol. The molecular weight excluding hydrogens is 336 g/mol. The maximum absolute atomic E-state index is 12.8. The molecule has 1 aliphatic rings. The van der Waals surface area contributed by atoms with Crippen LogP contribution in [0.2, 0.25) is 0 Å². The van der Waals surface area contributed by atoms with Crippen LogP contribution in [0.15, 0.2) is 36.4 Å². The first-order valence-electron chi connectivity index (χ1n) is 7.97. The van der Waals surface area contributed by atoms with Gasteiger partial charge in [-0.05, 0) is 23.8 Å². The Hall–Kier alpha value is -3.15. The number of fused-ring (bicyclic) bond motifs is 1. The van der Waals surface area contributed by atoms with Gasteiger partial charge in [0.2, 0.25) is 0 Å². The zero-order valence-electron chi connectivity index (χ0n) is 15.1. The van der Waals surface area contributed by atoms with Gasteiger partial charge in [-0.25, -0.2) is 0 Å². The number of allylic oxidation sites excluding steroid dienone is 1. The van der Waals surface area contributed by atoms with Crippen molar-refractivity contribution in [2.24, 2.45) is 0 Å². The Morgan fingerprint density at radius 2 is 1.58 bits per heavy atom. The van der Waals surface area contributed by atoms with E-state index in [9.17, 15) is 4.79 Å². The number of hydrogen-bond donors (Lipinski definition) is 0. The fraction of sp³-hybridized carbons (Fsp3) is 0.250. The molecule has 0 radical (unpaired) electrons. The summed E-state index contributed by atoms with van der Waals surface area (Å²) in [5, 5.41) is 0. The molecule has 0 unspecified atom stereocenters. The molecule has 6 nitrogen and oxygen atoms in total. The van der Waals surface area contributed by atoms with E-state index in [2.05, 4.69) is 0 Å². The molecule has 0 spiro atoms. The number of benzene rings is 2. The first-order valence-corrected chi connectivity index (χ1v) is 7.97. The summed E-state index contributed by atoms with van der Waals surface area (Å²) in [6.07, 6.45) is 1.56. The lowest BCUT2D eigenvalue weighted by atomic mass is 10.0. The van der Waals surface area contributed by atoms with E-state index in [1.807, 2.05) is 12.1 Å². The van der Waals surface area contributed by atoms with Gasteiger partial charge in [-0.2, -0.15) is 0 Å². The topological polar surface area (TPSA) is 63.2 Å². The molecule has 0 aliphatic carbocycles. The van der Waals surface area contributed by atoms with E-state index in [0.717, 1.165) is 11.1 Å². The number of carbonyl (C=O) groups excluding carboxylic acids is 1. The van der Waals surface area contributed by atoms with Gasteiger partial charge in [-0.15, -0.1) is 0 Å². The number of carbonyl (C=O) groups is 1. The number of ketones is 1. The SMILES string of the molecule is COc1cc(OC)c2c(c1)OCC(c1ccc(OC)c(OC)c1)=CC2=O. The largest absolute Gasteiger partial charge is 0.496 e. The van der Waals surface area contributed by atoms with Gasteiger partial charge < -0.3 is 23.7 Å². The second kappa shape index (κ2) is 7.39. The minimum atomic E-state index is -0.193. The van der Waals surface area contributed by atoms with Gasteiger partial charge in [0.25, 0.3) is 0 Å². The third kappa shape index (κ3) is 3.18. The Morgan fingerprint density at radius 1 is 0.846 bits per heavy atom. The van der Waals surface area contributed by atoms with E-state index in [1.165, 1.54) is 7.11 Å². The summed E-state index contributed by atoms with van der Waals surface area (Å²) in [6.45, 7) is 0.227. The Morgan fingerprint density at radius 3 is 2.23 bits per heavy atom. The standard InChI is InChI=1S/C20H20O6/c1-22-14-9-18(25-4)20-15(21)7-13(11-26-19(20)10-14)12-5-6-16(23-2)17(8-12)24-3/h5-10H,11H2,1-4H3. The van der Waals surface area contributed by atoms with E-state index in [4.69, 9.17) is 23.7 Å². The van der Waals surface area contributed by atoms with Gasteiger partial charge in [0.05, 0.1) is 28.4 Å². The molecule has 6 heteroatoms. The number of rotatable bonds is 5. The molecule has 0 saturated heterocycles. The van der Waals surface area contributed by atoms with Crippen LogP contribution >= 0.6 is 0 Å². The second-order valence-electron chi connectivity index (χ2n) is 5.60. The average molecular weight is 356 g/mol. The van der Waals surface area contributed by atoms with Crippen LogP contribution in [0.1, 0.15) is 15.9 Å². The highest BCUT2D eigenvalue weighted by molar-refractivity contribution is 6.13. The van der Waals surface area contributed by atoms with Crippen molar-refractivity contribution in [3.8, 4) is 28.7 Å². The highest BCUT2D eigenvalue weighted by Crippen LogP contribution is 2.38. The van der Waals surface area contributed by atoms with Gasteiger partial charge in [-0.3, -0.25) is 4.79 Å². The van der Waals surface area contributed by atoms with Crippen molar-refractivity contribution in [3.05, 3.63) is 47.5 Å². The summed E-state index contributed by atoms with van der Waals surface area (Å²) in [5.41, 5.74) is 1.92. The monoisotopic (exact) mass is 356 g/mol. The molecule has 2 aromatic rings. The van der Waals surface area contributed by atoms with Crippen molar-refractivity contribution >= 4 is 11.4 Å². The highest BCUT2D eigenvalue weighted by Gasteiger charge is 2.24. The zero-order valence-corrected chi connectivity index (χ0v) is 15.1. The van der Waals surface area contributed by atoms with Crippen LogP contribution in [0.25, 0.3) is 5.57 Å². The first-order chi connectivity index (χ1) is 12.6. The minimum Gasteiger partial charge on any atom is -0.496 e. The molecule has 0 fully saturated rings. The molecule has 26 heavy (non-hydrogen) atoms. The molecule has 0 saturated carbocycles. The molecule has 0 atom stereocenters. The maximum atomic E-state index is 12.8. The summed E-state index contributed by atoms with van der Waals surface area (Å²) in [5.74, 6) is 2.41. The third-order valence-electron chi connectivity index (χ3n) is 4.18. The van der Waals surface area contributed by atoms with Crippen molar-refractivity contribution in [2.45, 2.75) is 0 Å². The van der Waals surface area contributed by atoms with Gasteiger partial charge >= 0.3 is 0 Å². The lowest BCUT2D eigenvalue weighted by molar-refractivity contribution is 0.104. The fourth-order valence-corrected chi connectivity index (χ4v) is 2.83. The van der Waals surface area contributed by atoms with Crippen molar-refractivity contribution in [3.63, 3.8) is 0 Å². The third-order valence-corrected chi connectivity index (χ3v) is 4.18. The molecular formula is C20H20O6. The molecule has 136 valence electrons. The Labute approximate surface area is 151 Å². The molecule has 0 N–H and O–H groups in total. The van der Waals surface area contributed by atoms with Crippen molar-refractivity contribution in [1.29, 1.82) is 0 Å². The number of ether oxygens (including phenoxy) is 5. The molecule has 1 aliphatic heterocycles. The molecule has 0 amide bonds. The van der Waals surface area contributed by atoms with Crippen molar-refractivity contribution in [1.82, 2.24) is 0 Å². The predicted octanol–water partition coefficient (Wildman–Crippen LogP) is 3.38. The summed E-state index contributed by atoms with van der Waals surface area (Å²) >= 11 is 0. The van der Waals surface area contributed by atoms with E-state index in [-0.39, 0.29) is 12.4 Å². The number of methoxy groups -OCH3 is 4. The van der Waals surface area contributed by atoms with Crippen LogP contribution in [0.5, 0.6) is 28.7 Å². The molecule has 0 aromatic heterocycles. The van der Waals surface area contributed by atoms with Crippen LogP contribution in [0.3, 0.4) is 0 Å². The van der Waals surface area contributed by atoms with Crippen molar-refractivity contribution < 1.29 is 28.5 Å². The van der Waals surface area contributed by atoms with E-state index < -0.39 is 0 Å². The Balaban J connectivity index is 2.03. The first kappa shape index (κ1) is 17.7. The van der Waals surface area contributed by atoms with Crippen LogP contribution in [0, 0.1) is 0 Å². The van der Waals surface area contributed by atoms with E-state index in [0.29, 0.717) is 34.3 Å². The molecule has 1 heterocycles. The highest BCUT2D eigenvalue weighted by atomic mass is 16.5. The molecule has 3 rings (SSSR count). The normalized spacial score (nSPS) is 13.1. The van der Waals surface area contributed by atoms with Crippen LogP contribution in [-0.2, 0) is 0 Å². The maximum Gasteiger partial charge on any atom is 0.193 e. The Bertz CT molecular complexity index is 869. The average Bonchev–Trinajstić information content (AvgIpc) is 2.85. The molecule has 0 bridgehead atoms. The Kier molecular flexibility index (Phi) is 5.02. The zero-order chi connectivity index (χ0) is 18.7. The fourth-order valence-electron chi connectivity index (χ4n) is 2.83. The van der Waals surface area contributed by atoms with Crippen LogP contribution < -0.4 is 23.7 Å². The quantitative estimate of drug-likeness (QED) is 0.818. The lowest BCUT2D eigenvalue weighted by Gasteiger charge is -2.13. The van der Waals surface area contributed by atoms with Gasteiger partial charge in [0, 0.05) is 17.7 Å². The second-order valence-corrected chi connectivity index (χ2v) is 5.60. The summed E-state index contributed by atoms with van der Waals surface area (Å²) in [4.78, 5) is 12.8. The lowest BCUT2D eigenvalue weighted by Crippen LogP contribution is -2.02. The van der Waals surface area contributed by atoms with Gasteiger partial charge in [0.15, 0.2) is 17.3 Å². The van der Waals surface area contributed by atoms with Crippen molar-refractivity contribution in [2.75, 3.05) is 35.0 Å².